The minimum atomic E-state index is -0.161. The maximum absolute atomic E-state index is 12.6. The van der Waals surface area contributed by atoms with Crippen LogP contribution in [-0.2, 0) is 6.42 Å². The summed E-state index contributed by atoms with van der Waals surface area (Å²) in [4.78, 5) is 2.28. The quantitative estimate of drug-likeness (QED) is 0.714. The second-order valence-electron chi connectivity index (χ2n) is 3.95. The van der Waals surface area contributed by atoms with Gasteiger partial charge in [0.2, 0.25) is 0 Å². The lowest BCUT2D eigenvalue weighted by Crippen LogP contribution is -2.28. The van der Waals surface area contributed by atoms with Gasteiger partial charge in [0.25, 0.3) is 0 Å². The van der Waals surface area contributed by atoms with Gasteiger partial charge in [-0.15, -0.1) is 0 Å². The molecule has 0 bridgehead atoms. The summed E-state index contributed by atoms with van der Waals surface area (Å²) in [5, 5.41) is 0. The van der Waals surface area contributed by atoms with E-state index in [0.717, 1.165) is 13.0 Å². The van der Waals surface area contributed by atoms with Crippen molar-refractivity contribution in [2.75, 3.05) is 13.6 Å². The molecule has 0 heterocycles. The van der Waals surface area contributed by atoms with Gasteiger partial charge in [-0.05, 0) is 45.0 Å². The summed E-state index contributed by atoms with van der Waals surface area (Å²) in [6.07, 6.45) is 0.981. The maximum Gasteiger partial charge on any atom is 0.123 e. The SMILES string of the molecule is CC(C)N(C)CCc1ccc(F)cc1. The van der Waals surface area contributed by atoms with E-state index >= 15 is 0 Å². The first-order valence-electron chi connectivity index (χ1n) is 5.04. The molecular weight excluding hydrogens is 177 g/mol. The van der Waals surface area contributed by atoms with Gasteiger partial charge in [-0.2, -0.15) is 0 Å². The number of hydrogen-bond acceptors (Lipinski definition) is 1. The number of likely N-dealkylation sites (N-methyl/N-ethyl adjacent to an activating group) is 1. The molecule has 1 rings (SSSR count). The summed E-state index contributed by atoms with van der Waals surface area (Å²) >= 11 is 0. The molecule has 0 aromatic heterocycles. The van der Waals surface area contributed by atoms with Crippen molar-refractivity contribution in [1.29, 1.82) is 0 Å². The predicted molar refractivity (Wildman–Crippen MR) is 57.9 cm³/mol. The number of benzene rings is 1. The molecule has 78 valence electrons. The zero-order valence-electron chi connectivity index (χ0n) is 9.13. The normalized spacial score (nSPS) is 11.3. The van der Waals surface area contributed by atoms with Gasteiger partial charge in [-0.1, -0.05) is 12.1 Å². The van der Waals surface area contributed by atoms with E-state index in [0.29, 0.717) is 6.04 Å². The van der Waals surface area contributed by atoms with Crippen LogP contribution in [0, 0.1) is 5.82 Å². The molecule has 1 nitrogen and oxygen atoms in total. The predicted octanol–water partition coefficient (Wildman–Crippen LogP) is 2.71. The average Bonchev–Trinajstić information content (AvgIpc) is 2.16. The number of nitrogens with zero attached hydrogens (tertiary/aromatic N) is 1. The lowest BCUT2D eigenvalue weighted by molar-refractivity contribution is 0.277. The Labute approximate surface area is 85.5 Å². The van der Waals surface area contributed by atoms with E-state index in [4.69, 9.17) is 0 Å². The van der Waals surface area contributed by atoms with E-state index in [-0.39, 0.29) is 5.82 Å². The molecule has 0 N–H and O–H groups in total. The Bertz CT molecular complexity index is 266. The minimum absolute atomic E-state index is 0.161. The molecule has 0 saturated carbocycles. The molecule has 1 aromatic carbocycles. The Kier molecular flexibility index (Phi) is 4.08. The largest absolute Gasteiger partial charge is 0.304 e. The zero-order valence-corrected chi connectivity index (χ0v) is 9.13. The summed E-state index contributed by atoms with van der Waals surface area (Å²) in [6, 6.07) is 7.30. The van der Waals surface area contributed by atoms with Gasteiger partial charge in [0, 0.05) is 12.6 Å². The van der Waals surface area contributed by atoms with Crippen LogP contribution in [0.4, 0.5) is 4.39 Å². The second-order valence-corrected chi connectivity index (χ2v) is 3.95. The monoisotopic (exact) mass is 195 g/mol. The van der Waals surface area contributed by atoms with Gasteiger partial charge in [0.1, 0.15) is 5.82 Å². The number of halogens is 1. The van der Waals surface area contributed by atoms with Crippen LogP contribution in [0.3, 0.4) is 0 Å². The van der Waals surface area contributed by atoms with E-state index in [1.54, 1.807) is 0 Å². The van der Waals surface area contributed by atoms with Crippen LogP contribution in [0.5, 0.6) is 0 Å². The first-order valence-corrected chi connectivity index (χ1v) is 5.04. The highest BCUT2D eigenvalue weighted by atomic mass is 19.1. The van der Waals surface area contributed by atoms with E-state index in [9.17, 15) is 4.39 Å². The van der Waals surface area contributed by atoms with E-state index < -0.39 is 0 Å². The molecule has 0 amide bonds. The molecule has 0 aliphatic heterocycles. The molecule has 0 fully saturated rings. The molecule has 2 heteroatoms. The molecule has 0 unspecified atom stereocenters. The molecule has 14 heavy (non-hydrogen) atoms. The smallest absolute Gasteiger partial charge is 0.123 e. The van der Waals surface area contributed by atoms with Crippen molar-refractivity contribution < 1.29 is 4.39 Å². The fraction of sp³-hybridized carbons (Fsp3) is 0.500. The number of rotatable bonds is 4. The Balaban J connectivity index is 2.42. The fourth-order valence-electron chi connectivity index (χ4n) is 1.21. The maximum atomic E-state index is 12.6. The summed E-state index contributed by atoms with van der Waals surface area (Å²) in [5.41, 5.74) is 1.19. The van der Waals surface area contributed by atoms with E-state index in [1.165, 1.54) is 17.7 Å². The topological polar surface area (TPSA) is 3.24 Å². The van der Waals surface area contributed by atoms with Crippen LogP contribution in [0.25, 0.3) is 0 Å². The first kappa shape index (κ1) is 11.2. The van der Waals surface area contributed by atoms with Gasteiger partial charge in [0.15, 0.2) is 0 Å². The third-order valence-electron chi connectivity index (χ3n) is 2.55. The van der Waals surface area contributed by atoms with E-state index in [2.05, 4.69) is 25.8 Å². The molecule has 0 radical (unpaired) electrons. The highest BCUT2D eigenvalue weighted by molar-refractivity contribution is 5.16. The van der Waals surface area contributed by atoms with Crippen LogP contribution in [-0.4, -0.2) is 24.5 Å². The molecule has 0 aliphatic carbocycles. The van der Waals surface area contributed by atoms with Crippen LogP contribution in [0.1, 0.15) is 19.4 Å². The molecular formula is C12H18FN. The highest BCUT2D eigenvalue weighted by Gasteiger charge is 2.02. The molecule has 0 atom stereocenters. The summed E-state index contributed by atoms with van der Waals surface area (Å²) in [5.74, 6) is -0.161. The molecule has 1 aromatic rings. The Hall–Kier alpha value is -0.890. The van der Waals surface area contributed by atoms with Crippen molar-refractivity contribution in [1.82, 2.24) is 4.90 Å². The summed E-state index contributed by atoms with van der Waals surface area (Å²) in [7, 11) is 2.11. The molecule has 0 spiro atoms. The molecule has 0 aliphatic rings. The van der Waals surface area contributed by atoms with Crippen LogP contribution >= 0.6 is 0 Å². The van der Waals surface area contributed by atoms with Crippen LogP contribution < -0.4 is 0 Å². The first-order chi connectivity index (χ1) is 6.59. The number of hydrogen-bond donors (Lipinski definition) is 0. The highest BCUT2D eigenvalue weighted by Crippen LogP contribution is 2.05. The minimum Gasteiger partial charge on any atom is -0.304 e. The zero-order chi connectivity index (χ0) is 10.6. The summed E-state index contributed by atoms with van der Waals surface area (Å²) < 4.78 is 12.6. The van der Waals surface area contributed by atoms with Crippen molar-refractivity contribution >= 4 is 0 Å². The van der Waals surface area contributed by atoms with Gasteiger partial charge < -0.3 is 4.90 Å². The fourth-order valence-corrected chi connectivity index (χ4v) is 1.21. The van der Waals surface area contributed by atoms with Gasteiger partial charge >= 0.3 is 0 Å². The van der Waals surface area contributed by atoms with Crippen LogP contribution in [0.15, 0.2) is 24.3 Å². The van der Waals surface area contributed by atoms with E-state index in [1.807, 2.05) is 12.1 Å². The second kappa shape index (κ2) is 5.11. The van der Waals surface area contributed by atoms with Crippen molar-refractivity contribution in [2.24, 2.45) is 0 Å². The van der Waals surface area contributed by atoms with Crippen molar-refractivity contribution in [2.45, 2.75) is 26.3 Å². The van der Waals surface area contributed by atoms with Crippen LogP contribution in [0.2, 0.25) is 0 Å². The summed E-state index contributed by atoms with van der Waals surface area (Å²) in [6.45, 7) is 5.36. The van der Waals surface area contributed by atoms with Crippen molar-refractivity contribution in [3.05, 3.63) is 35.6 Å². The lowest BCUT2D eigenvalue weighted by atomic mass is 10.1. The van der Waals surface area contributed by atoms with Gasteiger partial charge in [-0.3, -0.25) is 0 Å². The molecule has 0 saturated heterocycles. The average molecular weight is 195 g/mol. The van der Waals surface area contributed by atoms with Gasteiger partial charge in [0.05, 0.1) is 0 Å². The Morgan fingerprint density at radius 2 is 1.79 bits per heavy atom. The van der Waals surface area contributed by atoms with Crippen molar-refractivity contribution in [3.8, 4) is 0 Å². The standard InChI is InChI=1S/C12H18FN/c1-10(2)14(3)9-8-11-4-6-12(13)7-5-11/h4-7,10H,8-9H2,1-3H3. The van der Waals surface area contributed by atoms with Gasteiger partial charge in [-0.25, -0.2) is 4.39 Å². The third kappa shape index (κ3) is 3.46. The Morgan fingerprint density at radius 3 is 2.29 bits per heavy atom. The third-order valence-corrected chi connectivity index (χ3v) is 2.55. The van der Waals surface area contributed by atoms with Crippen molar-refractivity contribution in [3.63, 3.8) is 0 Å². The lowest BCUT2D eigenvalue weighted by Gasteiger charge is -2.20. The Morgan fingerprint density at radius 1 is 1.21 bits per heavy atom.